The van der Waals surface area contributed by atoms with Crippen molar-refractivity contribution in [2.75, 3.05) is 20.2 Å². The molecule has 72 valence electrons. The van der Waals surface area contributed by atoms with Crippen LogP contribution >= 0.6 is 0 Å². The molecule has 12 heavy (non-hydrogen) atoms. The molecule has 2 heteroatoms. The third kappa shape index (κ3) is 2.76. The van der Waals surface area contributed by atoms with Gasteiger partial charge in [-0.05, 0) is 38.8 Å². The highest BCUT2D eigenvalue weighted by atomic mass is 16.3. The van der Waals surface area contributed by atoms with Crippen LogP contribution in [0.15, 0.2) is 0 Å². The Labute approximate surface area is 75.6 Å². The summed E-state index contributed by atoms with van der Waals surface area (Å²) < 4.78 is 0. The van der Waals surface area contributed by atoms with Crippen molar-refractivity contribution in [2.45, 2.75) is 38.6 Å². The van der Waals surface area contributed by atoms with Gasteiger partial charge in [-0.15, -0.1) is 0 Å². The van der Waals surface area contributed by atoms with Crippen LogP contribution in [0.1, 0.15) is 32.6 Å². The SMILES string of the molecule is CC(CO)CC1CCCCN1C. The van der Waals surface area contributed by atoms with Gasteiger partial charge in [-0.3, -0.25) is 0 Å². The van der Waals surface area contributed by atoms with Crippen LogP contribution in [-0.2, 0) is 0 Å². The lowest BCUT2D eigenvalue weighted by molar-refractivity contribution is 0.136. The monoisotopic (exact) mass is 171 g/mol. The molecule has 0 spiro atoms. The van der Waals surface area contributed by atoms with Gasteiger partial charge >= 0.3 is 0 Å². The zero-order chi connectivity index (χ0) is 8.97. The fourth-order valence-electron chi connectivity index (χ4n) is 1.98. The first-order chi connectivity index (χ1) is 5.74. The summed E-state index contributed by atoms with van der Waals surface area (Å²) in [7, 11) is 2.20. The molecule has 1 fully saturated rings. The molecule has 0 aromatic carbocycles. The van der Waals surface area contributed by atoms with E-state index in [9.17, 15) is 0 Å². The normalized spacial score (nSPS) is 28.8. The Morgan fingerprint density at radius 1 is 1.50 bits per heavy atom. The van der Waals surface area contributed by atoms with E-state index in [0.717, 1.165) is 12.5 Å². The number of hydrogen-bond acceptors (Lipinski definition) is 2. The summed E-state index contributed by atoms with van der Waals surface area (Å²) in [6, 6.07) is 0.723. The average molecular weight is 171 g/mol. The van der Waals surface area contributed by atoms with Crippen LogP contribution in [0.25, 0.3) is 0 Å². The molecular formula is C10H21NO. The highest BCUT2D eigenvalue weighted by Crippen LogP contribution is 2.20. The third-order valence-electron chi connectivity index (χ3n) is 2.91. The van der Waals surface area contributed by atoms with Crippen molar-refractivity contribution in [3.8, 4) is 0 Å². The molecule has 2 nitrogen and oxygen atoms in total. The van der Waals surface area contributed by atoms with Crippen LogP contribution in [0.5, 0.6) is 0 Å². The second-order valence-electron chi connectivity index (χ2n) is 4.15. The Hall–Kier alpha value is -0.0800. The van der Waals surface area contributed by atoms with Gasteiger partial charge in [0.2, 0.25) is 0 Å². The van der Waals surface area contributed by atoms with Crippen LogP contribution in [-0.4, -0.2) is 36.2 Å². The van der Waals surface area contributed by atoms with E-state index in [0.29, 0.717) is 12.5 Å². The molecule has 0 radical (unpaired) electrons. The summed E-state index contributed by atoms with van der Waals surface area (Å²) >= 11 is 0. The quantitative estimate of drug-likeness (QED) is 0.695. The second-order valence-corrected chi connectivity index (χ2v) is 4.15. The molecule has 0 aliphatic carbocycles. The predicted octanol–water partition coefficient (Wildman–Crippen LogP) is 1.49. The first-order valence-electron chi connectivity index (χ1n) is 5.05. The van der Waals surface area contributed by atoms with Gasteiger partial charge in [0.25, 0.3) is 0 Å². The molecule has 2 unspecified atom stereocenters. The zero-order valence-corrected chi connectivity index (χ0v) is 8.29. The number of hydrogen-bond donors (Lipinski definition) is 1. The fraction of sp³-hybridized carbons (Fsp3) is 1.00. The smallest absolute Gasteiger partial charge is 0.0457 e. The number of aliphatic hydroxyl groups excluding tert-OH is 1. The molecule has 1 rings (SSSR count). The Balaban J connectivity index is 2.28. The maximum absolute atomic E-state index is 8.93. The van der Waals surface area contributed by atoms with Crippen LogP contribution < -0.4 is 0 Å². The molecule has 1 N–H and O–H groups in total. The van der Waals surface area contributed by atoms with E-state index in [1.165, 1.54) is 25.8 Å². The van der Waals surface area contributed by atoms with Crippen molar-refractivity contribution in [3.63, 3.8) is 0 Å². The van der Waals surface area contributed by atoms with Gasteiger partial charge in [0.15, 0.2) is 0 Å². The minimum Gasteiger partial charge on any atom is -0.396 e. The Bertz CT molecular complexity index is 127. The van der Waals surface area contributed by atoms with Crippen molar-refractivity contribution < 1.29 is 5.11 Å². The lowest BCUT2D eigenvalue weighted by atomic mass is 9.94. The largest absolute Gasteiger partial charge is 0.396 e. The van der Waals surface area contributed by atoms with Crippen molar-refractivity contribution in [1.82, 2.24) is 4.90 Å². The Morgan fingerprint density at radius 3 is 2.83 bits per heavy atom. The van der Waals surface area contributed by atoms with E-state index in [4.69, 9.17) is 5.11 Å². The molecule has 0 saturated carbocycles. The molecule has 0 aromatic heterocycles. The summed E-state index contributed by atoms with van der Waals surface area (Å²) in [6.45, 7) is 3.70. The maximum Gasteiger partial charge on any atom is 0.0457 e. The van der Waals surface area contributed by atoms with Gasteiger partial charge in [-0.25, -0.2) is 0 Å². The summed E-state index contributed by atoms with van der Waals surface area (Å²) in [5.74, 6) is 0.468. The van der Waals surface area contributed by atoms with Gasteiger partial charge in [-0.2, -0.15) is 0 Å². The lowest BCUT2D eigenvalue weighted by Gasteiger charge is -2.33. The van der Waals surface area contributed by atoms with E-state index >= 15 is 0 Å². The minimum atomic E-state index is 0.338. The predicted molar refractivity (Wildman–Crippen MR) is 51.1 cm³/mol. The molecule has 0 amide bonds. The van der Waals surface area contributed by atoms with E-state index in [1.807, 2.05) is 0 Å². The van der Waals surface area contributed by atoms with E-state index < -0.39 is 0 Å². The van der Waals surface area contributed by atoms with Gasteiger partial charge < -0.3 is 10.0 Å². The molecule has 1 aliphatic rings. The number of rotatable bonds is 3. The van der Waals surface area contributed by atoms with Gasteiger partial charge in [0.05, 0.1) is 0 Å². The number of likely N-dealkylation sites (tertiary alicyclic amines) is 1. The number of nitrogens with zero attached hydrogens (tertiary/aromatic N) is 1. The lowest BCUT2D eigenvalue weighted by Crippen LogP contribution is -2.37. The first kappa shape index (κ1) is 10.0. The molecule has 0 bridgehead atoms. The second kappa shape index (κ2) is 4.83. The maximum atomic E-state index is 8.93. The van der Waals surface area contributed by atoms with E-state index in [1.54, 1.807) is 0 Å². The molecule has 1 aliphatic heterocycles. The van der Waals surface area contributed by atoms with Crippen LogP contribution in [0.3, 0.4) is 0 Å². The summed E-state index contributed by atoms with van der Waals surface area (Å²) in [5, 5.41) is 8.93. The minimum absolute atomic E-state index is 0.338. The summed E-state index contributed by atoms with van der Waals surface area (Å²) in [5.41, 5.74) is 0. The molecule has 2 atom stereocenters. The van der Waals surface area contributed by atoms with Gasteiger partial charge in [-0.1, -0.05) is 13.3 Å². The molecular weight excluding hydrogens is 150 g/mol. The van der Waals surface area contributed by atoms with Crippen molar-refractivity contribution in [3.05, 3.63) is 0 Å². The molecule has 1 heterocycles. The van der Waals surface area contributed by atoms with E-state index in [2.05, 4.69) is 18.9 Å². The topological polar surface area (TPSA) is 23.5 Å². The number of aliphatic hydroxyl groups is 1. The average Bonchev–Trinajstić information content (AvgIpc) is 2.09. The first-order valence-corrected chi connectivity index (χ1v) is 5.05. The third-order valence-corrected chi connectivity index (χ3v) is 2.91. The van der Waals surface area contributed by atoms with Gasteiger partial charge in [0.1, 0.15) is 0 Å². The highest BCUT2D eigenvalue weighted by Gasteiger charge is 2.20. The Morgan fingerprint density at radius 2 is 2.25 bits per heavy atom. The van der Waals surface area contributed by atoms with Crippen LogP contribution in [0, 0.1) is 5.92 Å². The van der Waals surface area contributed by atoms with Crippen LogP contribution in [0.4, 0.5) is 0 Å². The van der Waals surface area contributed by atoms with E-state index in [-0.39, 0.29) is 0 Å². The van der Waals surface area contributed by atoms with Crippen molar-refractivity contribution >= 4 is 0 Å². The number of piperidine rings is 1. The fourth-order valence-corrected chi connectivity index (χ4v) is 1.98. The summed E-state index contributed by atoms with van der Waals surface area (Å²) in [4.78, 5) is 2.44. The van der Waals surface area contributed by atoms with Crippen molar-refractivity contribution in [2.24, 2.45) is 5.92 Å². The summed E-state index contributed by atoms with van der Waals surface area (Å²) in [6.07, 6.45) is 5.20. The zero-order valence-electron chi connectivity index (χ0n) is 8.29. The highest BCUT2D eigenvalue weighted by molar-refractivity contribution is 4.75. The Kier molecular flexibility index (Phi) is 4.02. The standard InChI is InChI=1S/C10H21NO/c1-9(8-12)7-10-5-3-4-6-11(10)2/h9-10,12H,3-8H2,1-2H3. The molecule has 0 aromatic rings. The van der Waals surface area contributed by atoms with Crippen LogP contribution in [0.2, 0.25) is 0 Å². The molecule has 1 saturated heterocycles. The van der Waals surface area contributed by atoms with Gasteiger partial charge in [0, 0.05) is 12.6 Å². The van der Waals surface area contributed by atoms with Crippen molar-refractivity contribution in [1.29, 1.82) is 0 Å².